The van der Waals surface area contributed by atoms with E-state index in [4.69, 9.17) is 4.74 Å². The molecule has 0 bridgehead atoms. The van der Waals surface area contributed by atoms with Crippen molar-refractivity contribution in [2.75, 3.05) is 11.9 Å². The number of nitrogens with one attached hydrogen (secondary N) is 1. The van der Waals surface area contributed by atoms with Gasteiger partial charge in [0.25, 0.3) is 0 Å². The van der Waals surface area contributed by atoms with Gasteiger partial charge in [0.2, 0.25) is 0 Å². The lowest BCUT2D eigenvalue weighted by molar-refractivity contribution is 0.0940. The molecule has 3 aromatic rings. The highest BCUT2D eigenvalue weighted by molar-refractivity contribution is 7.16. The monoisotopic (exact) mass is 301 g/mol. The zero-order chi connectivity index (χ0) is 14.1. The summed E-state index contributed by atoms with van der Waals surface area (Å²) in [7, 11) is 0. The second-order valence-corrected chi connectivity index (χ2v) is 5.97. The highest BCUT2D eigenvalue weighted by atomic mass is 32.1. The molecule has 0 aliphatic carbocycles. The molecule has 1 unspecified atom stereocenters. The van der Waals surface area contributed by atoms with Crippen LogP contribution in [0, 0.1) is 0 Å². The summed E-state index contributed by atoms with van der Waals surface area (Å²) >= 11 is 1.61. The lowest BCUT2D eigenvalue weighted by atomic mass is 10.2. The van der Waals surface area contributed by atoms with E-state index in [2.05, 4.69) is 20.4 Å². The quantitative estimate of drug-likeness (QED) is 0.802. The fraction of sp³-hybridized carbons (Fsp3) is 0.357. The van der Waals surface area contributed by atoms with Gasteiger partial charge in [-0.1, -0.05) is 0 Å². The van der Waals surface area contributed by atoms with Crippen LogP contribution in [-0.2, 0) is 11.3 Å². The Balaban J connectivity index is 1.52. The lowest BCUT2D eigenvalue weighted by Crippen LogP contribution is -2.15. The first-order valence-electron chi connectivity index (χ1n) is 6.98. The van der Waals surface area contributed by atoms with Gasteiger partial charge in [0, 0.05) is 12.8 Å². The molecule has 6 nitrogen and oxygen atoms in total. The number of fused-ring (bicyclic) bond motifs is 1. The molecule has 1 aliphatic heterocycles. The van der Waals surface area contributed by atoms with Gasteiger partial charge in [-0.25, -0.2) is 9.97 Å². The molecule has 7 heteroatoms. The summed E-state index contributed by atoms with van der Waals surface area (Å²) in [5.74, 6) is 0.818. The summed E-state index contributed by atoms with van der Waals surface area (Å²) < 4.78 is 7.55. The van der Waals surface area contributed by atoms with Crippen molar-refractivity contribution in [3.63, 3.8) is 0 Å². The molecule has 21 heavy (non-hydrogen) atoms. The van der Waals surface area contributed by atoms with Crippen LogP contribution in [0.1, 0.15) is 12.8 Å². The molecule has 108 valence electrons. The van der Waals surface area contributed by atoms with Crippen LogP contribution in [0.25, 0.3) is 10.2 Å². The third kappa shape index (κ3) is 2.62. The maximum atomic E-state index is 5.63. The molecular formula is C14H15N5OS. The van der Waals surface area contributed by atoms with Crippen molar-refractivity contribution < 1.29 is 4.74 Å². The largest absolute Gasteiger partial charge is 0.376 e. The molecule has 0 saturated carbocycles. The predicted molar refractivity (Wildman–Crippen MR) is 81.9 cm³/mol. The van der Waals surface area contributed by atoms with Gasteiger partial charge in [0.15, 0.2) is 0 Å². The Labute approximate surface area is 125 Å². The van der Waals surface area contributed by atoms with E-state index in [1.165, 1.54) is 0 Å². The van der Waals surface area contributed by atoms with Gasteiger partial charge in [-0.3, -0.25) is 4.68 Å². The lowest BCUT2D eigenvalue weighted by Gasteiger charge is -2.08. The van der Waals surface area contributed by atoms with E-state index in [1.807, 2.05) is 28.5 Å². The van der Waals surface area contributed by atoms with Crippen LogP contribution in [0.4, 0.5) is 11.5 Å². The first kappa shape index (κ1) is 12.7. The summed E-state index contributed by atoms with van der Waals surface area (Å²) in [4.78, 5) is 9.54. The number of ether oxygens (including phenoxy) is 1. The first-order valence-corrected chi connectivity index (χ1v) is 7.86. The third-order valence-electron chi connectivity index (χ3n) is 3.57. The van der Waals surface area contributed by atoms with Crippen molar-refractivity contribution in [2.24, 2.45) is 0 Å². The van der Waals surface area contributed by atoms with Gasteiger partial charge in [0.1, 0.15) is 17.0 Å². The second-order valence-electron chi connectivity index (χ2n) is 5.07. The van der Waals surface area contributed by atoms with Crippen LogP contribution in [0.15, 0.2) is 30.2 Å². The van der Waals surface area contributed by atoms with E-state index >= 15 is 0 Å². The second kappa shape index (κ2) is 5.42. The molecule has 4 heterocycles. The van der Waals surface area contributed by atoms with Crippen molar-refractivity contribution in [3.8, 4) is 0 Å². The molecule has 1 N–H and O–H groups in total. The molecule has 4 rings (SSSR count). The normalized spacial score (nSPS) is 18.4. The fourth-order valence-electron chi connectivity index (χ4n) is 2.55. The van der Waals surface area contributed by atoms with E-state index in [1.54, 1.807) is 17.7 Å². The van der Waals surface area contributed by atoms with Crippen molar-refractivity contribution in [2.45, 2.75) is 25.5 Å². The van der Waals surface area contributed by atoms with Gasteiger partial charge in [-0.15, -0.1) is 11.3 Å². The Kier molecular flexibility index (Phi) is 3.28. The smallest absolute Gasteiger partial charge is 0.142 e. The number of anilines is 2. The summed E-state index contributed by atoms with van der Waals surface area (Å²) in [5.41, 5.74) is 0.930. The molecule has 1 saturated heterocycles. The maximum absolute atomic E-state index is 5.63. The van der Waals surface area contributed by atoms with E-state index in [0.717, 1.165) is 47.7 Å². The number of aromatic nitrogens is 4. The molecule has 0 aromatic carbocycles. The fourth-order valence-corrected chi connectivity index (χ4v) is 3.28. The van der Waals surface area contributed by atoms with Gasteiger partial charge in [0.05, 0.1) is 29.9 Å². The highest BCUT2D eigenvalue weighted by Gasteiger charge is 2.16. The van der Waals surface area contributed by atoms with Crippen LogP contribution < -0.4 is 5.32 Å². The third-order valence-corrected chi connectivity index (χ3v) is 4.39. The van der Waals surface area contributed by atoms with Gasteiger partial charge < -0.3 is 10.1 Å². The van der Waals surface area contributed by atoms with Crippen LogP contribution in [0.5, 0.6) is 0 Å². The zero-order valence-electron chi connectivity index (χ0n) is 11.4. The maximum Gasteiger partial charge on any atom is 0.142 e. The van der Waals surface area contributed by atoms with Crippen molar-refractivity contribution >= 4 is 33.1 Å². The van der Waals surface area contributed by atoms with Crippen LogP contribution in [-0.4, -0.2) is 32.5 Å². The molecule has 1 fully saturated rings. The molecule has 0 spiro atoms. The highest BCUT2D eigenvalue weighted by Crippen LogP contribution is 2.26. The number of nitrogens with zero attached hydrogens (tertiary/aromatic N) is 4. The Morgan fingerprint density at radius 2 is 2.43 bits per heavy atom. The zero-order valence-corrected chi connectivity index (χ0v) is 12.2. The minimum Gasteiger partial charge on any atom is -0.376 e. The first-order chi connectivity index (χ1) is 10.4. The van der Waals surface area contributed by atoms with E-state index < -0.39 is 0 Å². The van der Waals surface area contributed by atoms with Crippen molar-refractivity contribution in [1.82, 2.24) is 19.7 Å². The molecule has 0 amide bonds. The molecule has 0 radical (unpaired) electrons. The minimum atomic E-state index is 0.292. The standard InChI is InChI=1S/C14H15N5OS/c1-2-11(20-4-1)8-19-7-10(6-17-19)18-13-12-3-5-21-14(12)16-9-15-13/h3,5-7,9,11H,1-2,4,8H2,(H,15,16,18). The summed E-state index contributed by atoms with van der Waals surface area (Å²) in [6.45, 7) is 1.67. The van der Waals surface area contributed by atoms with Gasteiger partial charge >= 0.3 is 0 Å². The van der Waals surface area contributed by atoms with Crippen LogP contribution >= 0.6 is 11.3 Å². The van der Waals surface area contributed by atoms with Crippen LogP contribution in [0.3, 0.4) is 0 Å². The van der Waals surface area contributed by atoms with Crippen molar-refractivity contribution in [3.05, 3.63) is 30.2 Å². The SMILES string of the molecule is c1nc(Nc2cnn(CC3CCCO3)c2)c2ccsc2n1. The summed E-state index contributed by atoms with van der Waals surface area (Å²) in [6.07, 6.45) is 7.94. The Bertz CT molecular complexity index is 747. The number of thiophene rings is 1. The number of hydrogen-bond acceptors (Lipinski definition) is 6. The molecule has 1 aliphatic rings. The summed E-state index contributed by atoms with van der Waals surface area (Å²) in [5, 5.41) is 10.7. The van der Waals surface area contributed by atoms with Crippen molar-refractivity contribution in [1.29, 1.82) is 0 Å². The summed E-state index contributed by atoms with van der Waals surface area (Å²) in [6, 6.07) is 2.03. The Morgan fingerprint density at radius 1 is 1.43 bits per heavy atom. The Hall–Kier alpha value is -1.99. The predicted octanol–water partition coefficient (Wildman–Crippen LogP) is 2.81. The molecule has 1 atom stereocenters. The number of hydrogen-bond donors (Lipinski definition) is 1. The molecular weight excluding hydrogens is 286 g/mol. The topological polar surface area (TPSA) is 64.9 Å². The average molecular weight is 301 g/mol. The minimum absolute atomic E-state index is 0.292. The van der Waals surface area contributed by atoms with E-state index in [-0.39, 0.29) is 0 Å². The number of rotatable bonds is 4. The van der Waals surface area contributed by atoms with Gasteiger partial charge in [-0.05, 0) is 24.3 Å². The van der Waals surface area contributed by atoms with Crippen LogP contribution in [0.2, 0.25) is 0 Å². The average Bonchev–Trinajstić information content (AvgIpc) is 3.21. The van der Waals surface area contributed by atoms with E-state index in [0.29, 0.717) is 6.10 Å². The Morgan fingerprint density at radius 3 is 3.33 bits per heavy atom. The van der Waals surface area contributed by atoms with E-state index in [9.17, 15) is 0 Å². The van der Waals surface area contributed by atoms with Gasteiger partial charge in [-0.2, -0.15) is 5.10 Å². The molecule has 3 aromatic heterocycles.